The molecule has 1 aromatic heterocycles. The summed E-state index contributed by atoms with van der Waals surface area (Å²) < 4.78 is 7.10. The SMILES string of the molecule is CCOc1ccccc1-c1ccc(N)c(=O)n1C. The van der Waals surface area contributed by atoms with Crippen LogP contribution in [-0.2, 0) is 7.05 Å². The molecule has 2 aromatic rings. The minimum absolute atomic E-state index is 0.196. The fraction of sp³-hybridized carbons (Fsp3) is 0.214. The van der Waals surface area contributed by atoms with Crippen molar-refractivity contribution in [2.24, 2.45) is 7.05 Å². The monoisotopic (exact) mass is 244 g/mol. The lowest BCUT2D eigenvalue weighted by molar-refractivity contribution is 0.341. The molecule has 0 unspecified atom stereocenters. The number of nitrogens with two attached hydrogens (primary N) is 1. The Morgan fingerprint density at radius 3 is 2.67 bits per heavy atom. The van der Waals surface area contributed by atoms with Gasteiger partial charge in [-0.2, -0.15) is 0 Å². The quantitative estimate of drug-likeness (QED) is 0.898. The molecular weight excluding hydrogens is 228 g/mol. The Bertz CT molecular complexity index is 617. The standard InChI is InChI=1S/C14H16N2O2/c1-3-18-13-7-5-4-6-10(13)12-9-8-11(15)14(17)16(12)2/h4-9H,3,15H2,1-2H3. The van der Waals surface area contributed by atoms with Crippen LogP contribution in [0.2, 0.25) is 0 Å². The van der Waals surface area contributed by atoms with Crippen LogP contribution in [0.1, 0.15) is 6.92 Å². The summed E-state index contributed by atoms with van der Waals surface area (Å²) in [6.45, 7) is 2.51. The average molecular weight is 244 g/mol. The lowest BCUT2D eigenvalue weighted by Gasteiger charge is -2.13. The molecule has 0 aliphatic heterocycles. The molecular formula is C14H16N2O2. The first-order chi connectivity index (χ1) is 8.65. The number of hydrogen-bond donors (Lipinski definition) is 1. The van der Waals surface area contributed by atoms with Crippen molar-refractivity contribution >= 4 is 5.69 Å². The highest BCUT2D eigenvalue weighted by atomic mass is 16.5. The van der Waals surface area contributed by atoms with Gasteiger partial charge in [-0.3, -0.25) is 4.79 Å². The maximum Gasteiger partial charge on any atom is 0.273 e. The van der Waals surface area contributed by atoms with Crippen molar-refractivity contribution in [2.75, 3.05) is 12.3 Å². The van der Waals surface area contributed by atoms with Crippen molar-refractivity contribution in [2.45, 2.75) is 6.92 Å². The Morgan fingerprint density at radius 2 is 1.94 bits per heavy atom. The van der Waals surface area contributed by atoms with E-state index in [2.05, 4.69) is 0 Å². The number of rotatable bonds is 3. The zero-order valence-electron chi connectivity index (χ0n) is 10.5. The van der Waals surface area contributed by atoms with E-state index < -0.39 is 0 Å². The van der Waals surface area contributed by atoms with E-state index in [0.29, 0.717) is 6.61 Å². The Hall–Kier alpha value is -2.23. The number of para-hydroxylation sites is 1. The number of pyridine rings is 1. The van der Waals surface area contributed by atoms with Crippen LogP contribution in [0.4, 0.5) is 5.69 Å². The number of aromatic nitrogens is 1. The average Bonchev–Trinajstić information content (AvgIpc) is 2.38. The van der Waals surface area contributed by atoms with E-state index in [1.54, 1.807) is 13.1 Å². The highest BCUT2D eigenvalue weighted by Gasteiger charge is 2.10. The van der Waals surface area contributed by atoms with Gasteiger partial charge >= 0.3 is 0 Å². The van der Waals surface area contributed by atoms with Gasteiger partial charge in [0.25, 0.3) is 5.56 Å². The van der Waals surface area contributed by atoms with Crippen molar-refractivity contribution in [3.63, 3.8) is 0 Å². The van der Waals surface area contributed by atoms with Gasteiger partial charge in [-0.15, -0.1) is 0 Å². The molecule has 1 heterocycles. The maximum atomic E-state index is 11.8. The number of benzene rings is 1. The summed E-state index contributed by atoms with van der Waals surface area (Å²) in [5.74, 6) is 0.764. The molecule has 4 heteroatoms. The van der Waals surface area contributed by atoms with Crippen molar-refractivity contribution in [3.05, 3.63) is 46.8 Å². The molecule has 4 nitrogen and oxygen atoms in total. The lowest BCUT2D eigenvalue weighted by Crippen LogP contribution is -2.21. The first-order valence-corrected chi connectivity index (χ1v) is 5.83. The van der Waals surface area contributed by atoms with Crippen LogP contribution in [0.5, 0.6) is 5.75 Å². The maximum absolute atomic E-state index is 11.8. The fourth-order valence-corrected chi connectivity index (χ4v) is 1.88. The Labute approximate surface area is 106 Å². The van der Waals surface area contributed by atoms with Crippen LogP contribution >= 0.6 is 0 Å². The second kappa shape index (κ2) is 4.96. The van der Waals surface area contributed by atoms with Gasteiger partial charge in [0.2, 0.25) is 0 Å². The molecule has 0 amide bonds. The molecule has 2 N–H and O–H groups in total. The predicted octanol–water partition coefficient (Wildman–Crippen LogP) is 2.03. The van der Waals surface area contributed by atoms with Gasteiger partial charge in [-0.25, -0.2) is 0 Å². The van der Waals surface area contributed by atoms with Crippen molar-refractivity contribution in [1.82, 2.24) is 4.57 Å². The minimum atomic E-state index is -0.196. The Morgan fingerprint density at radius 1 is 1.22 bits per heavy atom. The molecule has 0 aliphatic carbocycles. The molecule has 94 valence electrons. The third-order valence-electron chi connectivity index (χ3n) is 2.80. The zero-order chi connectivity index (χ0) is 13.1. The molecule has 0 aliphatic rings. The molecule has 0 radical (unpaired) electrons. The lowest BCUT2D eigenvalue weighted by atomic mass is 10.1. The largest absolute Gasteiger partial charge is 0.493 e. The summed E-state index contributed by atoms with van der Waals surface area (Å²) in [6, 6.07) is 11.1. The summed E-state index contributed by atoms with van der Waals surface area (Å²) >= 11 is 0. The van der Waals surface area contributed by atoms with Gasteiger partial charge < -0.3 is 15.0 Å². The first-order valence-electron chi connectivity index (χ1n) is 5.83. The summed E-state index contributed by atoms with van der Waals surface area (Å²) in [4.78, 5) is 11.8. The molecule has 0 spiro atoms. The van der Waals surface area contributed by atoms with Gasteiger partial charge in [0.15, 0.2) is 0 Å². The highest BCUT2D eigenvalue weighted by molar-refractivity contribution is 5.68. The molecule has 2 rings (SSSR count). The van der Waals surface area contributed by atoms with E-state index in [-0.39, 0.29) is 11.2 Å². The van der Waals surface area contributed by atoms with E-state index in [1.807, 2.05) is 37.3 Å². The first kappa shape index (κ1) is 12.2. The number of nitrogens with zero attached hydrogens (tertiary/aromatic N) is 1. The summed E-state index contributed by atoms with van der Waals surface area (Å²) in [6.07, 6.45) is 0. The van der Waals surface area contributed by atoms with Crippen LogP contribution in [-0.4, -0.2) is 11.2 Å². The van der Waals surface area contributed by atoms with Crippen molar-refractivity contribution in [1.29, 1.82) is 0 Å². The van der Waals surface area contributed by atoms with Gasteiger partial charge in [0.05, 0.1) is 18.0 Å². The number of anilines is 1. The topological polar surface area (TPSA) is 57.2 Å². The summed E-state index contributed by atoms with van der Waals surface area (Å²) in [7, 11) is 1.71. The molecule has 0 bridgehead atoms. The molecule has 1 aromatic carbocycles. The van der Waals surface area contributed by atoms with Crippen molar-refractivity contribution in [3.8, 4) is 17.0 Å². The van der Waals surface area contributed by atoms with Gasteiger partial charge in [0, 0.05) is 12.6 Å². The van der Waals surface area contributed by atoms with Crippen molar-refractivity contribution < 1.29 is 4.74 Å². The second-order valence-electron chi connectivity index (χ2n) is 3.97. The van der Waals surface area contributed by atoms with E-state index >= 15 is 0 Å². The second-order valence-corrected chi connectivity index (χ2v) is 3.97. The molecule has 18 heavy (non-hydrogen) atoms. The van der Waals surface area contributed by atoms with Gasteiger partial charge in [-0.1, -0.05) is 12.1 Å². The van der Waals surface area contributed by atoms with Crippen LogP contribution in [0, 0.1) is 0 Å². The minimum Gasteiger partial charge on any atom is -0.493 e. The predicted molar refractivity (Wildman–Crippen MR) is 72.7 cm³/mol. The fourth-order valence-electron chi connectivity index (χ4n) is 1.88. The van der Waals surface area contributed by atoms with Crippen LogP contribution in [0.3, 0.4) is 0 Å². The third-order valence-corrected chi connectivity index (χ3v) is 2.80. The Kier molecular flexibility index (Phi) is 3.37. The summed E-state index contributed by atoms with van der Waals surface area (Å²) in [5.41, 5.74) is 7.33. The normalized spacial score (nSPS) is 10.3. The van der Waals surface area contributed by atoms with E-state index in [9.17, 15) is 4.79 Å². The number of hydrogen-bond acceptors (Lipinski definition) is 3. The molecule has 0 fully saturated rings. The van der Waals surface area contributed by atoms with E-state index in [1.165, 1.54) is 4.57 Å². The van der Waals surface area contributed by atoms with Crippen LogP contribution < -0.4 is 16.0 Å². The van der Waals surface area contributed by atoms with E-state index in [0.717, 1.165) is 17.0 Å². The third kappa shape index (κ3) is 2.09. The number of ether oxygens (including phenoxy) is 1. The Balaban J connectivity index is 2.62. The molecule has 0 saturated heterocycles. The van der Waals surface area contributed by atoms with E-state index in [4.69, 9.17) is 10.5 Å². The van der Waals surface area contributed by atoms with Gasteiger partial charge in [0.1, 0.15) is 5.75 Å². The zero-order valence-corrected chi connectivity index (χ0v) is 10.5. The number of nitrogen functional groups attached to an aromatic ring is 1. The van der Waals surface area contributed by atoms with Gasteiger partial charge in [-0.05, 0) is 31.2 Å². The molecule has 0 saturated carbocycles. The van der Waals surface area contributed by atoms with Crippen LogP contribution in [0.15, 0.2) is 41.2 Å². The van der Waals surface area contributed by atoms with Crippen LogP contribution in [0.25, 0.3) is 11.3 Å². The molecule has 0 atom stereocenters. The summed E-state index contributed by atoms with van der Waals surface area (Å²) in [5, 5.41) is 0. The smallest absolute Gasteiger partial charge is 0.273 e. The highest BCUT2D eigenvalue weighted by Crippen LogP contribution is 2.28.